The highest BCUT2D eigenvalue weighted by Gasteiger charge is 2.05. The van der Waals surface area contributed by atoms with E-state index in [2.05, 4.69) is 4.98 Å². The zero-order valence-corrected chi connectivity index (χ0v) is 6.49. The van der Waals surface area contributed by atoms with Crippen molar-refractivity contribution in [3.05, 3.63) is 30.1 Å². The lowest BCUT2D eigenvalue weighted by Crippen LogP contribution is -1.98. The highest BCUT2D eigenvalue weighted by molar-refractivity contribution is 5.06. The molecule has 1 aromatic rings. The Morgan fingerprint density at radius 1 is 1.82 bits per heavy atom. The largest absolute Gasteiger partial charge is 0.387 e. The van der Waals surface area contributed by atoms with Gasteiger partial charge >= 0.3 is 0 Å². The van der Waals surface area contributed by atoms with Crippen LogP contribution in [-0.2, 0) is 0 Å². The highest BCUT2D eigenvalue weighted by atomic mass is 16.3. The maximum Gasteiger partial charge on any atom is 0.0959 e. The standard InChI is InChI=1S/C9H13NO/c1-2-5-9(11)8-6-3-4-7-10-8/h3-4,6-7,9,11H,2,5H2,1H3/i2T,9T. The second-order valence-electron chi connectivity index (χ2n) is 2.27. The minimum atomic E-state index is -1.73. The molecular formula is C9H13NO. The number of nitrogens with zero attached hydrogens (tertiary/aromatic N) is 1. The molecule has 2 unspecified atom stereocenters. The fraction of sp³-hybridized carbons (Fsp3) is 0.444. The molecule has 1 heterocycles. The Bertz CT molecular complexity index is 262. The van der Waals surface area contributed by atoms with E-state index in [-0.39, 0.29) is 6.42 Å². The van der Waals surface area contributed by atoms with Crippen LogP contribution in [-0.4, -0.2) is 10.1 Å². The molecule has 1 aromatic heterocycles. The molecule has 0 saturated heterocycles. The smallest absolute Gasteiger partial charge is 0.0959 e. The molecule has 1 rings (SSSR count). The summed E-state index contributed by atoms with van der Waals surface area (Å²) >= 11 is 0. The summed E-state index contributed by atoms with van der Waals surface area (Å²) in [5.74, 6) is 0. The van der Waals surface area contributed by atoms with Gasteiger partial charge in [-0.15, -0.1) is 0 Å². The van der Waals surface area contributed by atoms with E-state index in [1.54, 1.807) is 25.1 Å². The van der Waals surface area contributed by atoms with Gasteiger partial charge in [0, 0.05) is 7.57 Å². The van der Waals surface area contributed by atoms with Crippen molar-refractivity contribution >= 4 is 0 Å². The van der Waals surface area contributed by atoms with Crippen molar-refractivity contribution in [2.24, 2.45) is 0 Å². The third kappa shape index (κ3) is 2.31. The van der Waals surface area contributed by atoms with Gasteiger partial charge in [-0.05, 0) is 18.6 Å². The van der Waals surface area contributed by atoms with Gasteiger partial charge in [0.2, 0.25) is 0 Å². The van der Waals surface area contributed by atoms with Crippen molar-refractivity contribution in [1.29, 1.82) is 0 Å². The van der Waals surface area contributed by atoms with Crippen molar-refractivity contribution < 1.29 is 7.85 Å². The van der Waals surface area contributed by atoms with Gasteiger partial charge in [-0.2, -0.15) is 0 Å². The van der Waals surface area contributed by atoms with Gasteiger partial charge in [0.1, 0.15) is 0 Å². The SMILES string of the molecule is [3H]C(C)CC([3H])(O)c1ccccn1. The minimum absolute atomic E-state index is 0.0734. The van der Waals surface area contributed by atoms with Gasteiger partial charge in [0.25, 0.3) is 0 Å². The van der Waals surface area contributed by atoms with Crippen LogP contribution in [0.1, 0.15) is 34.3 Å². The van der Waals surface area contributed by atoms with Crippen LogP contribution in [0.3, 0.4) is 0 Å². The van der Waals surface area contributed by atoms with Crippen LogP contribution >= 0.6 is 0 Å². The summed E-state index contributed by atoms with van der Waals surface area (Å²) in [5.41, 5.74) is 0.300. The molecule has 0 saturated carbocycles. The van der Waals surface area contributed by atoms with Crippen molar-refractivity contribution in [3.63, 3.8) is 0 Å². The van der Waals surface area contributed by atoms with E-state index in [9.17, 15) is 5.11 Å². The predicted octanol–water partition coefficient (Wildman–Crippen LogP) is 1.92. The molecule has 0 aliphatic carbocycles. The van der Waals surface area contributed by atoms with Crippen LogP contribution in [0, 0.1) is 0 Å². The second-order valence-corrected chi connectivity index (χ2v) is 2.27. The van der Waals surface area contributed by atoms with Gasteiger partial charge in [-0.3, -0.25) is 4.98 Å². The van der Waals surface area contributed by atoms with Crippen LogP contribution < -0.4 is 0 Å². The molecule has 0 aliphatic rings. The van der Waals surface area contributed by atoms with E-state index < -0.39 is 12.5 Å². The summed E-state index contributed by atoms with van der Waals surface area (Å²) in [6, 6.07) is 5.04. The van der Waals surface area contributed by atoms with E-state index in [1.807, 2.05) is 0 Å². The first-order chi connectivity index (χ1) is 6.02. The third-order valence-electron chi connectivity index (χ3n) is 1.36. The number of aromatic nitrogens is 1. The molecular weight excluding hydrogens is 138 g/mol. The van der Waals surface area contributed by atoms with Gasteiger partial charge in [0.05, 0.1) is 13.1 Å². The molecule has 0 fully saturated rings. The highest BCUT2D eigenvalue weighted by Crippen LogP contribution is 2.14. The zero-order chi connectivity index (χ0) is 9.90. The van der Waals surface area contributed by atoms with Crippen LogP contribution in [0.2, 0.25) is 0 Å². The average Bonchev–Trinajstić information content (AvgIpc) is 2.04. The zero-order valence-electron chi connectivity index (χ0n) is 8.49. The Hall–Kier alpha value is -0.890. The molecule has 0 amide bonds. The Balaban J connectivity index is 2.81. The Morgan fingerprint density at radius 3 is 3.18 bits per heavy atom. The second kappa shape index (κ2) is 4.09. The van der Waals surface area contributed by atoms with E-state index in [0.717, 1.165) is 0 Å². The summed E-state index contributed by atoms with van der Waals surface area (Å²) in [5, 5.41) is 9.64. The van der Waals surface area contributed by atoms with Crippen LogP contribution in [0.4, 0.5) is 0 Å². The first-order valence-corrected chi connectivity index (χ1v) is 3.58. The molecule has 0 aromatic carbocycles. The number of aliphatic hydroxyl groups is 1. The average molecular weight is 155 g/mol. The first kappa shape index (κ1) is 5.72. The lowest BCUT2D eigenvalue weighted by atomic mass is 10.1. The van der Waals surface area contributed by atoms with E-state index in [0.29, 0.717) is 5.69 Å². The normalized spacial score (nSPS) is 21.3. The molecule has 11 heavy (non-hydrogen) atoms. The fourth-order valence-electron chi connectivity index (χ4n) is 0.831. The summed E-state index contributed by atoms with van der Waals surface area (Å²) in [6.45, 7) is 1.64. The molecule has 0 aliphatic heterocycles. The predicted molar refractivity (Wildman–Crippen MR) is 44.1 cm³/mol. The van der Waals surface area contributed by atoms with Crippen LogP contribution in [0.25, 0.3) is 0 Å². The molecule has 60 valence electrons. The van der Waals surface area contributed by atoms with E-state index >= 15 is 0 Å². The molecule has 2 nitrogen and oxygen atoms in total. The minimum Gasteiger partial charge on any atom is -0.387 e. The molecule has 0 spiro atoms. The van der Waals surface area contributed by atoms with Crippen molar-refractivity contribution in [3.8, 4) is 0 Å². The number of hydrogen-bond acceptors (Lipinski definition) is 2. The monoisotopic (exact) mass is 155 g/mol. The van der Waals surface area contributed by atoms with Crippen molar-refractivity contribution in [2.45, 2.75) is 25.8 Å². The van der Waals surface area contributed by atoms with Crippen LogP contribution in [0.5, 0.6) is 0 Å². The van der Waals surface area contributed by atoms with Gasteiger partial charge in [-0.25, -0.2) is 0 Å². The van der Waals surface area contributed by atoms with Crippen molar-refractivity contribution in [1.82, 2.24) is 4.98 Å². The third-order valence-corrected chi connectivity index (χ3v) is 1.36. The topological polar surface area (TPSA) is 33.1 Å². The summed E-state index contributed by atoms with van der Waals surface area (Å²) < 4.78 is 14.8. The first-order valence-electron chi connectivity index (χ1n) is 4.66. The van der Waals surface area contributed by atoms with E-state index in [4.69, 9.17) is 2.74 Å². The van der Waals surface area contributed by atoms with Crippen molar-refractivity contribution in [2.75, 3.05) is 0 Å². The number of hydrogen-bond donors (Lipinski definition) is 1. The summed E-state index contributed by atoms with van der Waals surface area (Å²) in [4.78, 5) is 3.88. The Labute approximate surface area is 69.7 Å². The summed E-state index contributed by atoms with van der Waals surface area (Å²) in [6.07, 6.45) is -0.597. The number of pyridine rings is 1. The maximum absolute atomic E-state index is 9.64. The molecule has 0 bridgehead atoms. The lowest BCUT2D eigenvalue weighted by molar-refractivity contribution is 0.162. The van der Waals surface area contributed by atoms with Gasteiger partial charge in [-0.1, -0.05) is 19.4 Å². The number of rotatable bonds is 3. The fourth-order valence-corrected chi connectivity index (χ4v) is 0.831. The quantitative estimate of drug-likeness (QED) is 0.723. The maximum atomic E-state index is 9.64. The molecule has 2 atom stereocenters. The molecule has 1 N–H and O–H groups in total. The van der Waals surface area contributed by atoms with E-state index in [1.165, 1.54) is 6.20 Å². The molecule has 0 radical (unpaired) electrons. The Morgan fingerprint density at radius 2 is 2.64 bits per heavy atom. The Kier molecular flexibility index (Phi) is 2.13. The lowest BCUT2D eigenvalue weighted by Gasteiger charge is -2.06. The van der Waals surface area contributed by atoms with Crippen LogP contribution in [0.15, 0.2) is 24.4 Å². The summed E-state index contributed by atoms with van der Waals surface area (Å²) in [7, 11) is 0. The molecule has 2 heteroatoms. The van der Waals surface area contributed by atoms with Gasteiger partial charge < -0.3 is 5.11 Å². The van der Waals surface area contributed by atoms with Gasteiger partial charge in [0.15, 0.2) is 0 Å².